The first-order chi connectivity index (χ1) is 14.5. The molecule has 0 N–H and O–H groups in total. The van der Waals surface area contributed by atoms with Gasteiger partial charge in [0.25, 0.3) is 11.2 Å². The molecular weight excluding hydrogens is 406 g/mol. The smallest absolute Gasteiger partial charge is 0.269 e. The van der Waals surface area contributed by atoms with E-state index in [0.29, 0.717) is 27.4 Å². The van der Waals surface area contributed by atoms with Crippen LogP contribution >= 0.6 is 11.8 Å². The first kappa shape index (κ1) is 19.5. The van der Waals surface area contributed by atoms with Gasteiger partial charge >= 0.3 is 0 Å². The molecule has 0 aliphatic heterocycles. The first-order valence-electron chi connectivity index (χ1n) is 8.89. The number of Topliss-reactive ketones (excluding diaryl/α,β-unsaturated/α-hetero) is 1. The summed E-state index contributed by atoms with van der Waals surface area (Å²) in [4.78, 5) is 35.6. The van der Waals surface area contributed by atoms with Gasteiger partial charge in [0.15, 0.2) is 10.9 Å². The molecule has 0 aliphatic carbocycles. The van der Waals surface area contributed by atoms with E-state index in [0.717, 1.165) is 0 Å². The second-order valence-electron chi connectivity index (χ2n) is 6.36. The largest absolute Gasteiger partial charge is 0.293 e. The van der Waals surface area contributed by atoms with E-state index in [4.69, 9.17) is 0 Å². The van der Waals surface area contributed by atoms with E-state index in [1.54, 1.807) is 28.7 Å². The summed E-state index contributed by atoms with van der Waals surface area (Å²) in [6, 6.07) is 12.6. The van der Waals surface area contributed by atoms with E-state index in [9.17, 15) is 19.7 Å². The molecule has 0 aliphatic rings. The molecule has 10 heteroatoms. The third-order valence-electron chi connectivity index (χ3n) is 4.52. The molecule has 0 atom stereocenters. The van der Waals surface area contributed by atoms with Gasteiger partial charge in [0.05, 0.1) is 21.6 Å². The maximum Gasteiger partial charge on any atom is 0.269 e. The number of para-hydroxylation sites is 1. The van der Waals surface area contributed by atoms with E-state index in [1.807, 2.05) is 6.07 Å². The molecule has 0 saturated carbocycles. The predicted molar refractivity (Wildman–Crippen MR) is 113 cm³/mol. The van der Waals surface area contributed by atoms with E-state index in [-0.39, 0.29) is 29.3 Å². The topological polar surface area (TPSA) is 112 Å². The highest BCUT2D eigenvalue weighted by molar-refractivity contribution is 7.99. The molecule has 150 valence electrons. The zero-order chi connectivity index (χ0) is 21.3. The van der Waals surface area contributed by atoms with Crippen LogP contribution in [0.3, 0.4) is 0 Å². The Morgan fingerprint density at radius 2 is 1.90 bits per heavy atom. The van der Waals surface area contributed by atoms with E-state index < -0.39 is 4.92 Å². The van der Waals surface area contributed by atoms with Gasteiger partial charge in [-0.25, -0.2) is 0 Å². The predicted octanol–water partition coefficient (Wildman–Crippen LogP) is 3.11. The van der Waals surface area contributed by atoms with Crippen molar-refractivity contribution in [3.05, 3.63) is 87.2 Å². The lowest BCUT2D eigenvalue weighted by Gasteiger charge is -2.09. The minimum Gasteiger partial charge on any atom is -0.293 e. The minimum absolute atomic E-state index is 0.0630. The van der Waals surface area contributed by atoms with Crippen molar-refractivity contribution < 1.29 is 9.72 Å². The van der Waals surface area contributed by atoms with Crippen molar-refractivity contribution in [1.82, 2.24) is 19.2 Å². The molecule has 4 rings (SSSR count). The molecule has 0 fully saturated rings. The Morgan fingerprint density at radius 3 is 2.60 bits per heavy atom. The molecule has 0 bridgehead atoms. The fourth-order valence-corrected chi connectivity index (χ4v) is 3.94. The Hall–Kier alpha value is -3.79. The molecule has 2 aromatic heterocycles. The molecule has 2 heterocycles. The standard InChI is InChI=1S/C20H15N5O4S/c1-2-11-23-18(27)15-5-3-4-6-16(15)24-19(23)21-22-20(24)30-12-17(26)13-7-9-14(10-8-13)25(28)29/h2-10H,1,11-12H2. The first-order valence-corrected chi connectivity index (χ1v) is 9.88. The maximum absolute atomic E-state index is 12.8. The third kappa shape index (κ3) is 3.37. The number of thioether (sulfide) groups is 1. The Labute approximate surface area is 173 Å². The molecule has 2 aromatic carbocycles. The summed E-state index contributed by atoms with van der Waals surface area (Å²) < 4.78 is 3.22. The number of ketones is 1. The van der Waals surface area contributed by atoms with Crippen molar-refractivity contribution in [3.63, 3.8) is 0 Å². The van der Waals surface area contributed by atoms with Crippen molar-refractivity contribution >= 4 is 39.9 Å². The molecule has 0 amide bonds. The SMILES string of the molecule is C=CCn1c(=O)c2ccccc2n2c(SCC(=O)c3ccc([N+](=O)[O-])cc3)nnc12. The summed E-state index contributed by atoms with van der Waals surface area (Å²) in [6.45, 7) is 3.97. The van der Waals surface area contributed by atoms with Crippen LogP contribution in [-0.4, -0.2) is 35.6 Å². The highest BCUT2D eigenvalue weighted by atomic mass is 32.2. The maximum atomic E-state index is 12.8. The number of hydrogen-bond donors (Lipinski definition) is 0. The van der Waals surface area contributed by atoms with Crippen molar-refractivity contribution in [1.29, 1.82) is 0 Å². The van der Waals surface area contributed by atoms with Crippen LogP contribution in [0.15, 0.2) is 71.1 Å². The molecule has 0 radical (unpaired) electrons. The number of fused-ring (bicyclic) bond motifs is 3. The lowest BCUT2D eigenvalue weighted by Crippen LogP contribution is -2.22. The number of non-ortho nitro benzene ring substituents is 1. The molecule has 0 spiro atoms. The van der Waals surface area contributed by atoms with Gasteiger partial charge in [-0.05, 0) is 24.3 Å². The summed E-state index contributed by atoms with van der Waals surface area (Å²) in [7, 11) is 0. The monoisotopic (exact) mass is 421 g/mol. The number of carbonyl (C=O) groups excluding carboxylic acids is 1. The molecule has 30 heavy (non-hydrogen) atoms. The van der Waals surface area contributed by atoms with Crippen LogP contribution in [0.4, 0.5) is 5.69 Å². The zero-order valence-corrected chi connectivity index (χ0v) is 16.4. The van der Waals surface area contributed by atoms with E-state index in [2.05, 4.69) is 16.8 Å². The molecule has 4 aromatic rings. The molecule has 9 nitrogen and oxygen atoms in total. The van der Waals surface area contributed by atoms with Gasteiger partial charge < -0.3 is 0 Å². The van der Waals surface area contributed by atoms with Crippen molar-refractivity contribution in [2.75, 3.05) is 5.75 Å². The number of carbonyl (C=O) groups is 1. The van der Waals surface area contributed by atoms with Gasteiger partial charge in [-0.15, -0.1) is 16.8 Å². The van der Waals surface area contributed by atoms with Crippen LogP contribution < -0.4 is 5.56 Å². The van der Waals surface area contributed by atoms with Crippen LogP contribution in [0.1, 0.15) is 10.4 Å². The fourth-order valence-electron chi connectivity index (χ4n) is 3.10. The van der Waals surface area contributed by atoms with Crippen molar-refractivity contribution in [3.8, 4) is 0 Å². The normalized spacial score (nSPS) is 11.1. The zero-order valence-electron chi connectivity index (χ0n) is 15.6. The summed E-state index contributed by atoms with van der Waals surface area (Å²) in [5.74, 6) is 0.229. The van der Waals surface area contributed by atoms with Crippen LogP contribution in [0.5, 0.6) is 0 Å². The number of rotatable bonds is 7. The third-order valence-corrected chi connectivity index (χ3v) is 5.45. The van der Waals surface area contributed by atoms with Gasteiger partial charge in [0.1, 0.15) is 0 Å². The number of nitrogens with zero attached hydrogens (tertiary/aromatic N) is 5. The number of allylic oxidation sites excluding steroid dienone is 1. The van der Waals surface area contributed by atoms with Gasteiger partial charge in [-0.1, -0.05) is 30.0 Å². The van der Waals surface area contributed by atoms with Crippen LogP contribution in [0.25, 0.3) is 16.7 Å². The lowest BCUT2D eigenvalue weighted by molar-refractivity contribution is -0.384. The Balaban J connectivity index is 1.70. The average molecular weight is 421 g/mol. The quantitative estimate of drug-likeness (QED) is 0.148. The summed E-state index contributed by atoms with van der Waals surface area (Å²) in [6.07, 6.45) is 1.61. The number of nitro groups is 1. The number of nitro benzene ring substituents is 1. The second kappa shape index (κ2) is 7.91. The van der Waals surface area contributed by atoms with Crippen LogP contribution in [0.2, 0.25) is 0 Å². The number of aromatic nitrogens is 4. The van der Waals surface area contributed by atoms with Crippen LogP contribution in [-0.2, 0) is 6.54 Å². The fraction of sp³-hybridized carbons (Fsp3) is 0.100. The summed E-state index contributed by atoms with van der Waals surface area (Å²) in [5.41, 5.74) is 0.752. The van der Waals surface area contributed by atoms with Crippen molar-refractivity contribution in [2.45, 2.75) is 11.7 Å². The molecule has 0 unspecified atom stereocenters. The average Bonchev–Trinajstić information content (AvgIpc) is 3.19. The second-order valence-corrected chi connectivity index (χ2v) is 7.30. The van der Waals surface area contributed by atoms with Crippen molar-refractivity contribution in [2.24, 2.45) is 0 Å². The van der Waals surface area contributed by atoms with E-state index in [1.165, 1.54) is 40.6 Å². The van der Waals surface area contributed by atoms with Gasteiger partial charge in [-0.3, -0.25) is 28.7 Å². The lowest BCUT2D eigenvalue weighted by atomic mass is 10.1. The Kier molecular flexibility index (Phi) is 5.15. The van der Waals surface area contributed by atoms with E-state index >= 15 is 0 Å². The van der Waals surface area contributed by atoms with Gasteiger partial charge in [-0.2, -0.15) is 0 Å². The van der Waals surface area contributed by atoms with Gasteiger partial charge in [0.2, 0.25) is 5.78 Å². The molecular formula is C20H15N5O4S. The number of benzene rings is 2. The summed E-state index contributed by atoms with van der Waals surface area (Å²) in [5, 5.41) is 20.1. The van der Waals surface area contributed by atoms with Crippen LogP contribution in [0, 0.1) is 10.1 Å². The van der Waals surface area contributed by atoms with Gasteiger partial charge in [0, 0.05) is 24.2 Å². The highest BCUT2D eigenvalue weighted by Crippen LogP contribution is 2.23. The minimum atomic E-state index is -0.515. The highest BCUT2D eigenvalue weighted by Gasteiger charge is 2.17. The Bertz CT molecular complexity index is 1360. The summed E-state index contributed by atoms with van der Waals surface area (Å²) >= 11 is 1.18. The Morgan fingerprint density at radius 1 is 1.17 bits per heavy atom. The molecule has 0 saturated heterocycles. The number of hydrogen-bond acceptors (Lipinski definition) is 7.